The normalized spacial score (nSPS) is 19.4. The van der Waals surface area contributed by atoms with Crippen molar-refractivity contribution in [1.29, 1.82) is 0 Å². The van der Waals surface area contributed by atoms with Crippen LogP contribution in [0.25, 0.3) is 0 Å². The van der Waals surface area contributed by atoms with Crippen molar-refractivity contribution in [2.24, 2.45) is 0 Å². The van der Waals surface area contributed by atoms with Gasteiger partial charge in [-0.25, -0.2) is 14.8 Å². The van der Waals surface area contributed by atoms with Gasteiger partial charge in [0.2, 0.25) is 5.28 Å². The van der Waals surface area contributed by atoms with Crippen molar-refractivity contribution in [1.82, 2.24) is 14.9 Å². The molecule has 1 unspecified atom stereocenters. The molecular formula is C9H9Cl2N3O2. The van der Waals surface area contributed by atoms with Gasteiger partial charge in [-0.1, -0.05) is 18.5 Å². The minimum absolute atomic E-state index is 0.0298. The highest BCUT2D eigenvalue weighted by atomic mass is 35.5. The molecule has 0 aliphatic carbocycles. The largest absolute Gasteiger partial charge is 0.465 e. The maximum atomic E-state index is 10.9. The number of aromatic nitrogens is 2. The molecule has 1 aliphatic rings. The average molecular weight is 262 g/mol. The molecule has 0 saturated carbocycles. The van der Waals surface area contributed by atoms with Crippen LogP contribution in [0.2, 0.25) is 10.4 Å². The number of amides is 1. The Labute approximate surface area is 102 Å². The van der Waals surface area contributed by atoms with Crippen molar-refractivity contribution in [2.45, 2.75) is 19.4 Å². The Balaban J connectivity index is 2.46. The Hall–Kier alpha value is -1.07. The van der Waals surface area contributed by atoms with E-state index in [0.717, 1.165) is 5.69 Å². The minimum atomic E-state index is -0.969. The fourth-order valence-electron chi connectivity index (χ4n) is 1.82. The second-order valence-corrected chi connectivity index (χ2v) is 4.41. The van der Waals surface area contributed by atoms with E-state index in [2.05, 4.69) is 9.97 Å². The van der Waals surface area contributed by atoms with E-state index in [4.69, 9.17) is 28.3 Å². The zero-order chi connectivity index (χ0) is 11.9. The molecule has 7 heteroatoms. The predicted octanol–water partition coefficient (Wildman–Crippen LogP) is 2.38. The Morgan fingerprint density at radius 1 is 1.50 bits per heavy atom. The molecule has 1 N–H and O–H groups in total. The Morgan fingerprint density at radius 2 is 2.19 bits per heavy atom. The molecular weight excluding hydrogens is 253 g/mol. The lowest BCUT2D eigenvalue weighted by Crippen LogP contribution is -2.37. The molecule has 0 aromatic carbocycles. The van der Waals surface area contributed by atoms with Crippen LogP contribution in [-0.4, -0.2) is 32.6 Å². The van der Waals surface area contributed by atoms with Crippen LogP contribution in [0.1, 0.15) is 24.1 Å². The molecule has 1 amide bonds. The molecule has 0 saturated heterocycles. The monoisotopic (exact) mass is 261 g/mol. The van der Waals surface area contributed by atoms with E-state index in [-0.39, 0.29) is 22.9 Å². The maximum absolute atomic E-state index is 10.9. The van der Waals surface area contributed by atoms with Gasteiger partial charge < -0.3 is 10.0 Å². The fraction of sp³-hybridized carbons (Fsp3) is 0.444. The van der Waals surface area contributed by atoms with Crippen molar-refractivity contribution in [2.75, 3.05) is 6.54 Å². The van der Waals surface area contributed by atoms with Gasteiger partial charge in [0.25, 0.3) is 0 Å². The quantitative estimate of drug-likeness (QED) is 0.575. The van der Waals surface area contributed by atoms with Crippen LogP contribution in [-0.2, 0) is 6.54 Å². The molecule has 0 spiro atoms. The average Bonchev–Trinajstić information content (AvgIpc) is 2.19. The summed E-state index contributed by atoms with van der Waals surface area (Å²) in [5.41, 5.74) is 1.38. The molecule has 0 bridgehead atoms. The highest BCUT2D eigenvalue weighted by molar-refractivity contribution is 6.32. The van der Waals surface area contributed by atoms with Crippen LogP contribution < -0.4 is 0 Å². The van der Waals surface area contributed by atoms with E-state index in [0.29, 0.717) is 12.1 Å². The molecule has 86 valence electrons. The number of hydrogen-bond acceptors (Lipinski definition) is 3. The van der Waals surface area contributed by atoms with Crippen molar-refractivity contribution >= 4 is 29.3 Å². The molecule has 16 heavy (non-hydrogen) atoms. The summed E-state index contributed by atoms with van der Waals surface area (Å²) in [6.45, 7) is 2.49. The number of halogens is 2. The number of carbonyl (C=O) groups is 1. The lowest BCUT2D eigenvalue weighted by atomic mass is 9.98. The SMILES string of the molecule is CC1CN(C(=O)O)Cc2c(Cl)nc(Cl)nc21. The molecule has 2 heterocycles. The topological polar surface area (TPSA) is 66.3 Å². The standard InChI is InChI=1S/C9H9Cl2N3O2/c1-4-2-14(9(15)16)3-5-6(4)12-8(11)13-7(5)10/h4H,2-3H2,1H3,(H,15,16). The zero-order valence-corrected chi connectivity index (χ0v) is 9.96. The fourth-order valence-corrected chi connectivity index (χ4v) is 2.27. The van der Waals surface area contributed by atoms with Gasteiger partial charge in [-0.2, -0.15) is 0 Å². The summed E-state index contributed by atoms with van der Waals surface area (Å²) in [7, 11) is 0. The maximum Gasteiger partial charge on any atom is 0.407 e. The molecule has 2 rings (SSSR count). The first-order valence-corrected chi connectivity index (χ1v) is 5.44. The predicted molar refractivity (Wildman–Crippen MR) is 58.9 cm³/mol. The molecule has 0 fully saturated rings. The molecule has 5 nitrogen and oxygen atoms in total. The van der Waals surface area contributed by atoms with E-state index in [9.17, 15) is 4.79 Å². The first-order valence-electron chi connectivity index (χ1n) is 4.68. The second-order valence-electron chi connectivity index (χ2n) is 3.71. The highest BCUT2D eigenvalue weighted by Crippen LogP contribution is 2.31. The molecule has 1 aliphatic heterocycles. The molecule has 1 aromatic rings. The third kappa shape index (κ3) is 1.92. The van der Waals surface area contributed by atoms with Gasteiger partial charge in [-0.3, -0.25) is 0 Å². The molecule has 1 aromatic heterocycles. The van der Waals surface area contributed by atoms with E-state index in [1.54, 1.807) is 0 Å². The van der Waals surface area contributed by atoms with Gasteiger partial charge in [0, 0.05) is 18.0 Å². The van der Waals surface area contributed by atoms with Gasteiger partial charge >= 0.3 is 6.09 Å². The van der Waals surface area contributed by atoms with Gasteiger partial charge in [-0.15, -0.1) is 0 Å². The summed E-state index contributed by atoms with van der Waals surface area (Å²) in [4.78, 5) is 20.1. The number of hydrogen-bond donors (Lipinski definition) is 1. The summed E-state index contributed by atoms with van der Waals surface area (Å²) in [6, 6.07) is 0. The number of carboxylic acid groups (broad SMARTS) is 1. The number of nitrogens with zero attached hydrogens (tertiary/aromatic N) is 3. The van der Waals surface area contributed by atoms with Crippen molar-refractivity contribution in [3.63, 3.8) is 0 Å². The third-order valence-corrected chi connectivity index (χ3v) is 3.02. The minimum Gasteiger partial charge on any atom is -0.465 e. The third-order valence-electron chi connectivity index (χ3n) is 2.54. The van der Waals surface area contributed by atoms with Crippen LogP contribution in [0.5, 0.6) is 0 Å². The van der Waals surface area contributed by atoms with Gasteiger partial charge in [0.15, 0.2) is 0 Å². The zero-order valence-electron chi connectivity index (χ0n) is 8.44. The second kappa shape index (κ2) is 4.07. The summed E-state index contributed by atoms with van der Waals surface area (Å²) in [6.07, 6.45) is -0.969. The van der Waals surface area contributed by atoms with Crippen LogP contribution in [0.4, 0.5) is 4.79 Å². The summed E-state index contributed by atoms with van der Waals surface area (Å²) in [5.74, 6) is -0.0298. The summed E-state index contributed by atoms with van der Waals surface area (Å²) < 4.78 is 0. The number of rotatable bonds is 0. The van der Waals surface area contributed by atoms with Gasteiger partial charge in [0.05, 0.1) is 12.2 Å². The molecule has 1 atom stereocenters. The van der Waals surface area contributed by atoms with Crippen molar-refractivity contribution in [3.8, 4) is 0 Å². The first-order chi connectivity index (χ1) is 7.49. The van der Waals surface area contributed by atoms with E-state index in [1.165, 1.54) is 4.90 Å². The van der Waals surface area contributed by atoms with Gasteiger partial charge in [-0.05, 0) is 11.6 Å². The van der Waals surface area contributed by atoms with Crippen LogP contribution in [0.3, 0.4) is 0 Å². The Kier molecular flexibility index (Phi) is 2.90. The van der Waals surface area contributed by atoms with Crippen molar-refractivity contribution in [3.05, 3.63) is 21.7 Å². The van der Waals surface area contributed by atoms with Crippen LogP contribution in [0.15, 0.2) is 0 Å². The molecule has 0 radical (unpaired) electrons. The van der Waals surface area contributed by atoms with Crippen LogP contribution in [0, 0.1) is 0 Å². The van der Waals surface area contributed by atoms with Crippen molar-refractivity contribution < 1.29 is 9.90 Å². The Bertz CT molecular complexity index is 453. The smallest absolute Gasteiger partial charge is 0.407 e. The van der Waals surface area contributed by atoms with E-state index < -0.39 is 6.09 Å². The lowest BCUT2D eigenvalue weighted by molar-refractivity contribution is 0.135. The summed E-state index contributed by atoms with van der Waals surface area (Å²) >= 11 is 11.6. The number of fused-ring (bicyclic) bond motifs is 1. The van der Waals surface area contributed by atoms with Gasteiger partial charge in [0.1, 0.15) is 5.15 Å². The Morgan fingerprint density at radius 3 is 2.81 bits per heavy atom. The first kappa shape index (κ1) is 11.4. The highest BCUT2D eigenvalue weighted by Gasteiger charge is 2.29. The summed E-state index contributed by atoms with van der Waals surface area (Å²) in [5, 5.41) is 9.27. The lowest BCUT2D eigenvalue weighted by Gasteiger charge is -2.30. The van der Waals surface area contributed by atoms with E-state index >= 15 is 0 Å². The van der Waals surface area contributed by atoms with E-state index in [1.807, 2.05) is 6.92 Å². The van der Waals surface area contributed by atoms with Crippen LogP contribution >= 0.6 is 23.2 Å².